The fourth-order valence-electron chi connectivity index (χ4n) is 2.70. The van der Waals surface area contributed by atoms with Crippen molar-refractivity contribution in [1.29, 1.82) is 0 Å². The van der Waals surface area contributed by atoms with Gasteiger partial charge >= 0.3 is 0 Å². The van der Waals surface area contributed by atoms with Crippen molar-refractivity contribution in [2.24, 2.45) is 0 Å². The topological polar surface area (TPSA) is 68.5 Å². The van der Waals surface area contributed by atoms with Crippen molar-refractivity contribution in [3.8, 4) is 17.1 Å². The molecule has 0 aliphatic rings. The third-order valence-corrected chi connectivity index (χ3v) is 4.15. The van der Waals surface area contributed by atoms with Gasteiger partial charge in [0, 0.05) is 17.7 Å². The van der Waals surface area contributed by atoms with Crippen LogP contribution in [-0.2, 0) is 6.54 Å². The number of benzene rings is 2. The van der Waals surface area contributed by atoms with Crippen molar-refractivity contribution >= 4 is 5.91 Å². The Hall–Kier alpha value is -3.41. The van der Waals surface area contributed by atoms with Crippen molar-refractivity contribution in [3.63, 3.8) is 0 Å². The Morgan fingerprint density at radius 1 is 1.22 bits per heavy atom. The second-order valence-corrected chi connectivity index (χ2v) is 6.03. The van der Waals surface area contributed by atoms with Crippen LogP contribution in [0.15, 0.2) is 65.7 Å². The average molecular weight is 363 g/mol. The van der Waals surface area contributed by atoms with Crippen molar-refractivity contribution in [3.05, 3.63) is 78.2 Å². The lowest BCUT2D eigenvalue weighted by atomic mass is 10.1. The largest absolute Gasteiger partial charge is 0.497 e. The maximum atomic E-state index is 12.9. The average Bonchev–Trinajstić information content (AvgIpc) is 3.16. The SMILES string of the molecule is C=CCN(Cc1nc(-c2ccc(OC)cc2)no1)C(=O)c1ccccc1C. The number of nitrogens with zero attached hydrogens (tertiary/aromatic N) is 3. The number of aryl methyl sites for hydroxylation is 1. The smallest absolute Gasteiger partial charge is 0.254 e. The van der Waals surface area contributed by atoms with Gasteiger partial charge in [-0.3, -0.25) is 4.79 Å². The molecule has 0 unspecified atom stereocenters. The molecule has 0 fully saturated rings. The summed E-state index contributed by atoms with van der Waals surface area (Å²) >= 11 is 0. The predicted octanol–water partition coefficient (Wildman–Crippen LogP) is 3.88. The van der Waals surface area contributed by atoms with Crippen LogP contribution < -0.4 is 4.74 Å². The minimum Gasteiger partial charge on any atom is -0.497 e. The Bertz CT molecular complexity index is 932. The minimum absolute atomic E-state index is 0.0998. The molecule has 3 aromatic rings. The van der Waals surface area contributed by atoms with E-state index < -0.39 is 0 Å². The molecule has 138 valence electrons. The van der Waals surface area contributed by atoms with Gasteiger partial charge < -0.3 is 14.2 Å². The summed E-state index contributed by atoms with van der Waals surface area (Å²) in [7, 11) is 1.61. The molecule has 0 saturated carbocycles. The maximum Gasteiger partial charge on any atom is 0.254 e. The summed E-state index contributed by atoms with van der Waals surface area (Å²) in [5.41, 5.74) is 2.38. The molecule has 0 spiro atoms. The highest BCUT2D eigenvalue weighted by Crippen LogP contribution is 2.20. The molecule has 0 aliphatic heterocycles. The van der Waals surface area contributed by atoms with Crippen LogP contribution in [0.3, 0.4) is 0 Å². The first kappa shape index (κ1) is 18.4. The molecule has 0 atom stereocenters. The molecule has 1 amide bonds. The molecule has 2 aromatic carbocycles. The van der Waals surface area contributed by atoms with Gasteiger partial charge in [0.15, 0.2) is 0 Å². The number of amides is 1. The van der Waals surface area contributed by atoms with Crippen molar-refractivity contribution in [2.75, 3.05) is 13.7 Å². The van der Waals surface area contributed by atoms with E-state index in [1.807, 2.05) is 55.5 Å². The maximum absolute atomic E-state index is 12.9. The molecule has 3 rings (SSSR count). The van der Waals surface area contributed by atoms with Crippen LogP contribution in [0.4, 0.5) is 0 Å². The number of hydrogen-bond acceptors (Lipinski definition) is 5. The summed E-state index contributed by atoms with van der Waals surface area (Å²) in [6.07, 6.45) is 1.68. The fourth-order valence-corrected chi connectivity index (χ4v) is 2.70. The zero-order chi connectivity index (χ0) is 19.2. The normalized spacial score (nSPS) is 10.4. The van der Waals surface area contributed by atoms with Crippen molar-refractivity contribution in [2.45, 2.75) is 13.5 Å². The van der Waals surface area contributed by atoms with Gasteiger partial charge in [-0.1, -0.05) is 29.4 Å². The number of methoxy groups -OCH3 is 1. The minimum atomic E-state index is -0.0998. The lowest BCUT2D eigenvalue weighted by molar-refractivity contribution is 0.0744. The van der Waals surface area contributed by atoms with Crippen LogP contribution >= 0.6 is 0 Å². The van der Waals surface area contributed by atoms with Gasteiger partial charge in [-0.05, 0) is 42.8 Å². The second-order valence-electron chi connectivity index (χ2n) is 6.03. The summed E-state index contributed by atoms with van der Waals surface area (Å²) in [4.78, 5) is 18.9. The fraction of sp³-hybridized carbons (Fsp3) is 0.190. The first-order chi connectivity index (χ1) is 13.1. The number of hydrogen-bond donors (Lipinski definition) is 0. The van der Waals surface area contributed by atoms with E-state index in [-0.39, 0.29) is 12.5 Å². The predicted molar refractivity (Wildman–Crippen MR) is 102 cm³/mol. The van der Waals surface area contributed by atoms with Crippen LogP contribution in [0, 0.1) is 6.92 Å². The number of carbonyl (C=O) groups is 1. The number of carbonyl (C=O) groups excluding carboxylic acids is 1. The molecule has 1 aromatic heterocycles. The molecule has 6 nitrogen and oxygen atoms in total. The Morgan fingerprint density at radius 3 is 2.63 bits per heavy atom. The van der Waals surface area contributed by atoms with Crippen LogP contribution in [-0.4, -0.2) is 34.6 Å². The molecule has 27 heavy (non-hydrogen) atoms. The van der Waals surface area contributed by atoms with E-state index in [0.29, 0.717) is 23.8 Å². The molecule has 6 heteroatoms. The zero-order valence-electron chi connectivity index (χ0n) is 15.4. The summed E-state index contributed by atoms with van der Waals surface area (Å²) in [5.74, 6) is 1.49. The molecule has 0 radical (unpaired) electrons. The molecule has 0 aliphatic carbocycles. The van der Waals surface area contributed by atoms with Gasteiger partial charge in [-0.25, -0.2) is 0 Å². The second kappa shape index (κ2) is 8.31. The van der Waals surface area contributed by atoms with E-state index in [4.69, 9.17) is 9.26 Å². The van der Waals surface area contributed by atoms with Crippen LogP contribution in [0.2, 0.25) is 0 Å². The molecule has 0 saturated heterocycles. The number of ether oxygens (including phenoxy) is 1. The summed E-state index contributed by atoms with van der Waals surface area (Å²) in [6.45, 7) is 6.24. The molecule has 0 N–H and O–H groups in total. The van der Waals surface area contributed by atoms with Crippen molar-refractivity contribution in [1.82, 2.24) is 15.0 Å². The molecular weight excluding hydrogens is 342 g/mol. The van der Waals surface area contributed by atoms with E-state index in [0.717, 1.165) is 16.9 Å². The first-order valence-corrected chi connectivity index (χ1v) is 8.55. The Kier molecular flexibility index (Phi) is 5.66. The van der Waals surface area contributed by atoms with Gasteiger partial charge in [-0.15, -0.1) is 6.58 Å². The van der Waals surface area contributed by atoms with E-state index in [1.165, 1.54) is 0 Å². The first-order valence-electron chi connectivity index (χ1n) is 8.55. The summed E-state index contributed by atoms with van der Waals surface area (Å²) < 4.78 is 10.5. The van der Waals surface area contributed by atoms with Gasteiger partial charge in [-0.2, -0.15) is 4.98 Å². The van der Waals surface area contributed by atoms with Crippen LogP contribution in [0.25, 0.3) is 11.4 Å². The Labute approximate surface area is 158 Å². The molecular formula is C21H21N3O3. The Morgan fingerprint density at radius 2 is 1.96 bits per heavy atom. The number of rotatable bonds is 7. The zero-order valence-corrected chi connectivity index (χ0v) is 15.4. The lowest BCUT2D eigenvalue weighted by Gasteiger charge is -2.20. The standard InChI is InChI=1S/C21H21N3O3/c1-4-13-24(21(25)18-8-6-5-7-15(18)2)14-19-22-20(23-27-19)16-9-11-17(26-3)12-10-16/h4-12H,1,13-14H2,2-3H3. The van der Waals surface area contributed by atoms with Crippen LogP contribution in [0.1, 0.15) is 21.8 Å². The Balaban J connectivity index is 1.79. The molecule has 1 heterocycles. The quantitative estimate of drug-likeness (QED) is 0.596. The van der Waals surface area contributed by atoms with E-state index in [9.17, 15) is 4.79 Å². The number of aromatic nitrogens is 2. The molecule has 0 bridgehead atoms. The lowest BCUT2D eigenvalue weighted by Crippen LogP contribution is -2.31. The highest BCUT2D eigenvalue weighted by atomic mass is 16.5. The van der Waals surface area contributed by atoms with E-state index in [1.54, 1.807) is 18.1 Å². The highest BCUT2D eigenvalue weighted by Gasteiger charge is 2.20. The van der Waals surface area contributed by atoms with Crippen molar-refractivity contribution < 1.29 is 14.1 Å². The van der Waals surface area contributed by atoms with Gasteiger partial charge in [0.05, 0.1) is 7.11 Å². The third kappa shape index (κ3) is 4.23. The summed E-state index contributed by atoms with van der Waals surface area (Å²) in [6, 6.07) is 14.8. The van der Waals surface area contributed by atoms with Gasteiger partial charge in [0.25, 0.3) is 5.91 Å². The van der Waals surface area contributed by atoms with Gasteiger partial charge in [0.1, 0.15) is 12.3 Å². The third-order valence-electron chi connectivity index (χ3n) is 4.15. The summed E-state index contributed by atoms with van der Waals surface area (Å²) in [5, 5.41) is 4.01. The van der Waals surface area contributed by atoms with Gasteiger partial charge in [0.2, 0.25) is 11.7 Å². The van der Waals surface area contributed by atoms with Crippen LogP contribution in [0.5, 0.6) is 5.75 Å². The highest BCUT2D eigenvalue weighted by molar-refractivity contribution is 5.95. The van der Waals surface area contributed by atoms with E-state index in [2.05, 4.69) is 16.7 Å². The monoisotopic (exact) mass is 363 g/mol. The van der Waals surface area contributed by atoms with E-state index >= 15 is 0 Å².